The summed E-state index contributed by atoms with van der Waals surface area (Å²) in [7, 11) is 0. The number of benzene rings is 1. The normalized spacial score (nSPS) is 12.3. The van der Waals surface area contributed by atoms with Gasteiger partial charge in [-0.1, -0.05) is 24.3 Å². The number of carbonyl (C=O) groups is 1. The highest BCUT2D eigenvalue weighted by molar-refractivity contribution is 7.15. The molecule has 0 radical (unpaired) electrons. The molecule has 1 aliphatic heterocycles. The molecule has 3 heterocycles. The Morgan fingerprint density at radius 3 is 2.85 bits per heavy atom. The van der Waals surface area contributed by atoms with E-state index in [1.807, 2.05) is 24.3 Å². The molecular weight excluding hydrogens is 346 g/mol. The molecule has 0 saturated carbocycles. The van der Waals surface area contributed by atoms with Gasteiger partial charge in [0.1, 0.15) is 5.75 Å². The van der Waals surface area contributed by atoms with E-state index in [4.69, 9.17) is 10.5 Å². The molecule has 3 aromatic rings. The monoisotopic (exact) mass is 367 g/mol. The van der Waals surface area contributed by atoms with Crippen molar-refractivity contribution in [2.75, 3.05) is 6.61 Å². The molecule has 0 aliphatic carbocycles. The van der Waals surface area contributed by atoms with Gasteiger partial charge >= 0.3 is 0 Å². The van der Waals surface area contributed by atoms with Gasteiger partial charge in [-0.15, -0.1) is 11.3 Å². The Bertz CT molecular complexity index is 824. The molecule has 5 nitrogen and oxygen atoms in total. The number of rotatable bonds is 4. The van der Waals surface area contributed by atoms with Gasteiger partial charge < -0.3 is 10.5 Å². The Morgan fingerprint density at radius 1 is 1.19 bits per heavy atom. The molecule has 6 heteroatoms. The van der Waals surface area contributed by atoms with Crippen LogP contribution in [0.25, 0.3) is 10.4 Å². The van der Waals surface area contributed by atoms with Gasteiger partial charge in [0.05, 0.1) is 16.5 Å². The summed E-state index contributed by atoms with van der Waals surface area (Å²) in [4.78, 5) is 20.0. The number of ether oxygens (including phenoxy) is 1. The number of para-hydroxylation sites is 1. The van der Waals surface area contributed by atoms with Gasteiger partial charge in [-0.25, -0.2) is 4.98 Å². The summed E-state index contributed by atoms with van der Waals surface area (Å²) in [6, 6.07) is 12.1. The molecule has 1 amide bonds. The van der Waals surface area contributed by atoms with Crippen LogP contribution in [0.1, 0.15) is 23.4 Å². The average molecular weight is 367 g/mol. The van der Waals surface area contributed by atoms with Crippen molar-refractivity contribution in [1.29, 1.82) is 0 Å². The molecular formula is C20H21N3O2S. The van der Waals surface area contributed by atoms with E-state index >= 15 is 0 Å². The van der Waals surface area contributed by atoms with Crippen molar-refractivity contribution in [3.8, 4) is 16.2 Å². The number of carbonyl (C=O) groups excluding carboxylic acids is 1. The van der Waals surface area contributed by atoms with Crippen LogP contribution in [0, 0.1) is 0 Å². The Kier molecular flexibility index (Phi) is 6.33. The van der Waals surface area contributed by atoms with Gasteiger partial charge in [-0.05, 0) is 30.5 Å². The number of amides is 1. The molecule has 0 atom stereocenters. The van der Waals surface area contributed by atoms with Gasteiger partial charge in [0.25, 0.3) is 0 Å². The van der Waals surface area contributed by atoms with E-state index in [9.17, 15) is 4.79 Å². The van der Waals surface area contributed by atoms with E-state index in [1.54, 1.807) is 29.9 Å². The van der Waals surface area contributed by atoms with Crippen molar-refractivity contribution >= 4 is 17.2 Å². The van der Waals surface area contributed by atoms with E-state index < -0.39 is 0 Å². The van der Waals surface area contributed by atoms with Crippen molar-refractivity contribution in [2.45, 2.75) is 25.7 Å². The minimum atomic E-state index is -0.293. The van der Waals surface area contributed by atoms with Crippen molar-refractivity contribution < 1.29 is 9.53 Å². The van der Waals surface area contributed by atoms with Gasteiger partial charge in [0.15, 0.2) is 0 Å². The summed E-state index contributed by atoms with van der Waals surface area (Å²) in [6.45, 7) is 0.886. The first kappa shape index (κ1) is 18.1. The molecule has 2 aromatic heterocycles. The maximum atomic E-state index is 10.6. The highest BCUT2D eigenvalue weighted by atomic mass is 32.1. The second kappa shape index (κ2) is 9.10. The fourth-order valence-electron chi connectivity index (χ4n) is 2.59. The zero-order chi connectivity index (χ0) is 18.2. The lowest BCUT2D eigenvalue weighted by Gasteiger charge is -2.15. The lowest BCUT2D eigenvalue weighted by atomic mass is 10.1. The number of aromatic nitrogens is 2. The zero-order valence-electron chi connectivity index (χ0n) is 14.4. The predicted octanol–water partition coefficient (Wildman–Crippen LogP) is 3.63. The number of primary amides is 1. The number of nitrogens with zero attached hydrogens (tertiary/aromatic N) is 2. The predicted molar refractivity (Wildman–Crippen MR) is 103 cm³/mol. The first-order valence-electron chi connectivity index (χ1n) is 8.56. The van der Waals surface area contributed by atoms with Gasteiger partial charge in [-0.2, -0.15) is 0 Å². The van der Waals surface area contributed by atoms with Crippen LogP contribution >= 0.6 is 11.3 Å². The highest BCUT2D eigenvalue weighted by Crippen LogP contribution is 2.25. The lowest BCUT2D eigenvalue weighted by molar-refractivity contribution is -0.117. The van der Waals surface area contributed by atoms with E-state index in [0.717, 1.165) is 34.2 Å². The molecule has 0 fully saturated rings. The van der Waals surface area contributed by atoms with Crippen molar-refractivity contribution in [1.82, 2.24) is 9.97 Å². The maximum absolute atomic E-state index is 10.6. The van der Waals surface area contributed by atoms with Crippen molar-refractivity contribution in [3.63, 3.8) is 0 Å². The number of fused-ring (bicyclic) bond motifs is 1. The SMILES string of the molecule is NC(=O)CCc1ncc(-c2cccnc2)s1.c1ccc2c(c1)CCCO2. The molecule has 0 unspecified atom stereocenters. The summed E-state index contributed by atoms with van der Waals surface area (Å²) >= 11 is 1.57. The Morgan fingerprint density at radius 2 is 2.08 bits per heavy atom. The molecule has 1 aromatic carbocycles. The van der Waals surface area contributed by atoms with Crippen LogP contribution in [0.2, 0.25) is 0 Å². The minimum Gasteiger partial charge on any atom is -0.493 e. The first-order chi connectivity index (χ1) is 12.7. The second-order valence-corrected chi connectivity index (χ2v) is 7.00. The van der Waals surface area contributed by atoms with Crippen LogP contribution in [-0.4, -0.2) is 22.5 Å². The lowest BCUT2D eigenvalue weighted by Crippen LogP contribution is -2.10. The summed E-state index contributed by atoms with van der Waals surface area (Å²) in [5, 5.41) is 0.928. The molecule has 4 rings (SSSR count). The number of thiazole rings is 1. The molecule has 0 saturated heterocycles. The average Bonchev–Trinajstić information content (AvgIpc) is 3.17. The Balaban J connectivity index is 0.000000167. The molecule has 134 valence electrons. The second-order valence-electron chi connectivity index (χ2n) is 5.89. The number of pyridine rings is 1. The quantitative estimate of drug-likeness (QED) is 0.764. The van der Waals surface area contributed by atoms with Crippen LogP contribution < -0.4 is 10.5 Å². The van der Waals surface area contributed by atoms with E-state index in [0.29, 0.717) is 12.8 Å². The number of aryl methyl sites for hydroxylation is 2. The zero-order valence-corrected chi connectivity index (χ0v) is 15.2. The Hall–Kier alpha value is -2.73. The van der Waals surface area contributed by atoms with Crippen molar-refractivity contribution in [2.24, 2.45) is 5.73 Å². The van der Waals surface area contributed by atoms with Gasteiger partial charge in [0.2, 0.25) is 5.91 Å². The van der Waals surface area contributed by atoms with Crippen LogP contribution in [0.4, 0.5) is 0 Å². The van der Waals surface area contributed by atoms with Crippen LogP contribution in [0.15, 0.2) is 55.0 Å². The standard InChI is InChI=1S/C11H11N3OS.C9H10O/c12-10(15)3-4-11-14-7-9(16-11)8-2-1-5-13-6-8;1-2-6-9-8(4-1)5-3-7-10-9/h1-2,5-7H,3-4H2,(H2,12,15);1-2,4,6H,3,5,7H2. The summed E-state index contributed by atoms with van der Waals surface area (Å²) in [5.41, 5.74) is 7.49. The number of hydrogen-bond acceptors (Lipinski definition) is 5. The minimum absolute atomic E-state index is 0.293. The maximum Gasteiger partial charge on any atom is 0.217 e. The van der Waals surface area contributed by atoms with E-state index in [-0.39, 0.29) is 5.91 Å². The topological polar surface area (TPSA) is 78.1 Å². The van der Waals surface area contributed by atoms with E-state index in [2.05, 4.69) is 22.1 Å². The third-order valence-electron chi connectivity index (χ3n) is 3.91. The number of nitrogens with two attached hydrogens (primary N) is 1. The fraction of sp³-hybridized carbons (Fsp3) is 0.250. The van der Waals surface area contributed by atoms with Gasteiger partial charge in [0, 0.05) is 37.0 Å². The summed E-state index contributed by atoms with van der Waals surface area (Å²) in [6.07, 6.45) is 8.63. The largest absolute Gasteiger partial charge is 0.493 e. The Labute approximate surface area is 156 Å². The van der Waals surface area contributed by atoms with E-state index in [1.165, 1.54) is 12.0 Å². The van der Waals surface area contributed by atoms with Crippen LogP contribution in [0.5, 0.6) is 5.75 Å². The third-order valence-corrected chi connectivity index (χ3v) is 5.01. The summed E-state index contributed by atoms with van der Waals surface area (Å²) in [5.74, 6) is 0.784. The molecule has 0 bridgehead atoms. The van der Waals surface area contributed by atoms with Crippen LogP contribution in [-0.2, 0) is 17.6 Å². The van der Waals surface area contributed by atoms with Crippen LogP contribution in [0.3, 0.4) is 0 Å². The van der Waals surface area contributed by atoms with Gasteiger partial charge in [-0.3, -0.25) is 9.78 Å². The van der Waals surface area contributed by atoms with Crippen molar-refractivity contribution in [3.05, 3.63) is 65.6 Å². The molecule has 1 aliphatic rings. The smallest absolute Gasteiger partial charge is 0.217 e. The molecule has 26 heavy (non-hydrogen) atoms. The first-order valence-corrected chi connectivity index (χ1v) is 9.38. The molecule has 2 N–H and O–H groups in total. The third kappa shape index (κ3) is 5.13. The fourth-order valence-corrected chi connectivity index (χ4v) is 3.50. The highest BCUT2D eigenvalue weighted by Gasteiger charge is 2.07. The number of hydrogen-bond donors (Lipinski definition) is 1. The molecule has 0 spiro atoms. The summed E-state index contributed by atoms with van der Waals surface area (Å²) < 4.78 is 5.42.